The maximum atomic E-state index is 12.1. The molecular formula is C13H15NOS. The number of amides is 1. The van der Waals surface area contributed by atoms with Crippen molar-refractivity contribution in [3.8, 4) is 12.3 Å². The molecule has 0 bridgehead atoms. The lowest BCUT2D eigenvalue weighted by Crippen LogP contribution is -2.30. The minimum Gasteiger partial charge on any atom is -0.327 e. The summed E-state index contributed by atoms with van der Waals surface area (Å²) in [5.74, 6) is 2.61. The minimum absolute atomic E-state index is 0.0832. The molecular weight excluding hydrogens is 218 g/mol. The Morgan fingerprint density at radius 3 is 3.06 bits per heavy atom. The van der Waals surface area contributed by atoms with Crippen molar-refractivity contribution < 1.29 is 4.79 Å². The summed E-state index contributed by atoms with van der Waals surface area (Å²) in [7, 11) is 0. The Labute approximate surface area is 100 Å². The number of carbonyl (C=O) groups excluding carboxylic acids is 1. The number of terminal acetylenes is 1. The fourth-order valence-electron chi connectivity index (χ4n) is 2.03. The molecule has 0 radical (unpaired) electrons. The summed E-state index contributed by atoms with van der Waals surface area (Å²) >= 11 is 1.64. The van der Waals surface area contributed by atoms with Crippen molar-refractivity contribution in [2.24, 2.45) is 0 Å². The van der Waals surface area contributed by atoms with Crippen LogP contribution in [0.3, 0.4) is 0 Å². The Morgan fingerprint density at radius 2 is 2.44 bits per heavy atom. The highest BCUT2D eigenvalue weighted by atomic mass is 32.1. The van der Waals surface area contributed by atoms with Gasteiger partial charge in [0, 0.05) is 11.4 Å². The summed E-state index contributed by atoms with van der Waals surface area (Å²) in [6.07, 6.45) is 8.75. The van der Waals surface area contributed by atoms with E-state index in [1.54, 1.807) is 16.2 Å². The molecule has 0 saturated heterocycles. The molecule has 0 spiro atoms. The molecule has 0 atom stereocenters. The van der Waals surface area contributed by atoms with E-state index in [4.69, 9.17) is 6.42 Å². The van der Waals surface area contributed by atoms with Crippen molar-refractivity contribution in [1.29, 1.82) is 0 Å². The van der Waals surface area contributed by atoms with Gasteiger partial charge in [-0.15, -0.1) is 17.8 Å². The van der Waals surface area contributed by atoms with Gasteiger partial charge in [-0.25, -0.2) is 0 Å². The molecule has 2 rings (SSSR count). The van der Waals surface area contributed by atoms with Gasteiger partial charge in [0.2, 0.25) is 0 Å². The van der Waals surface area contributed by atoms with Crippen molar-refractivity contribution in [3.63, 3.8) is 0 Å². The summed E-state index contributed by atoms with van der Waals surface area (Å²) in [4.78, 5) is 16.1. The standard InChI is InChI=1S/C13H15NOS/c1-3-8-14(4-2)13(15)12-9-10-6-5-7-11(10)16-12/h1,9H,4-8H2,2H3. The predicted molar refractivity (Wildman–Crippen MR) is 66.8 cm³/mol. The highest BCUT2D eigenvalue weighted by Crippen LogP contribution is 2.31. The molecule has 1 aliphatic rings. The fraction of sp³-hybridized carbons (Fsp3) is 0.462. The summed E-state index contributed by atoms with van der Waals surface area (Å²) in [5.41, 5.74) is 1.37. The molecule has 84 valence electrons. The van der Waals surface area contributed by atoms with Gasteiger partial charge in [0.05, 0.1) is 11.4 Å². The molecule has 0 aliphatic heterocycles. The van der Waals surface area contributed by atoms with E-state index in [1.807, 2.05) is 6.92 Å². The largest absolute Gasteiger partial charge is 0.327 e. The van der Waals surface area contributed by atoms with E-state index in [0.29, 0.717) is 13.1 Å². The number of nitrogens with zero attached hydrogens (tertiary/aromatic N) is 1. The van der Waals surface area contributed by atoms with Crippen molar-refractivity contribution in [2.45, 2.75) is 26.2 Å². The molecule has 0 unspecified atom stereocenters. The van der Waals surface area contributed by atoms with Crippen LogP contribution in [0.4, 0.5) is 0 Å². The SMILES string of the molecule is C#CCN(CC)C(=O)c1cc2c(s1)CCC2. The summed E-state index contributed by atoms with van der Waals surface area (Å²) in [6, 6.07) is 2.05. The van der Waals surface area contributed by atoms with Crippen molar-refractivity contribution in [2.75, 3.05) is 13.1 Å². The van der Waals surface area contributed by atoms with Crippen LogP contribution in [0.5, 0.6) is 0 Å². The third kappa shape index (κ3) is 1.98. The number of fused-ring (bicyclic) bond motifs is 1. The molecule has 16 heavy (non-hydrogen) atoms. The first-order chi connectivity index (χ1) is 7.76. The lowest BCUT2D eigenvalue weighted by molar-refractivity contribution is 0.0789. The molecule has 3 heteroatoms. The Hall–Kier alpha value is -1.27. The van der Waals surface area contributed by atoms with Crippen LogP contribution < -0.4 is 0 Å². The van der Waals surface area contributed by atoms with Gasteiger partial charge in [0.1, 0.15) is 0 Å². The summed E-state index contributed by atoms with van der Waals surface area (Å²) < 4.78 is 0. The van der Waals surface area contributed by atoms with Gasteiger partial charge in [-0.3, -0.25) is 4.79 Å². The van der Waals surface area contributed by atoms with E-state index in [9.17, 15) is 4.79 Å². The average molecular weight is 233 g/mol. The molecule has 1 heterocycles. The normalized spacial score (nSPS) is 13.2. The molecule has 0 saturated carbocycles. The van der Waals surface area contributed by atoms with Gasteiger partial charge in [-0.05, 0) is 37.8 Å². The maximum absolute atomic E-state index is 12.1. The van der Waals surface area contributed by atoms with Crippen molar-refractivity contribution in [3.05, 3.63) is 21.4 Å². The van der Waals surface area contributed by atoms with Gasteiger partial charge in [-0.1, -0.05) is 5.92 Å². The number of hydrogen-bond acceptors (Lipinski definition) is 2. The van der Waals surface area contributed by atoms with E-state index < -0.39 is 0 Å². The van der Waals surface area contributed by atoms with Crippen LogP contribution in [0.25, 0.3) is 0 Å². The highest BCUT2D eigenvalue weighted by Gasteiger charge is 2.21. The highest BCUT2D eigenvalue weighted by molar-refractivity contribution is 7.14. The molecule has 0 N–H and O–H groups in total. The minimum atomic E-state index is 0.0832. The van der Waals surface area contributed by atoms with E-state index >= 15 is 0 Å². The quantitative estimate of drug-likeness (QED) is 0.734. The van der Waals surface area contributed by atoms with Crippen LogP contribution in [-0.2, 0) is 12.8 Å². The monoisotopic (exact) mass is 233 g/mol. The van der Waals surface area contributed by atoms with Gasteiger partial charge in [0.25, 0.3) is 5.91 Å². The Bertz CT molecular complexity index is 420. The molecule has 1 aromatic rings. The summed E-state index contributed by atoms with van der Waals surface area (Å²) in [6.45, 7) is 3.03. The van der Waals surface area contributed by atoms with Crippen LogP contribution in [0.1, 0.15) is 33.5 Å². The second-order valence-corrected chi connectivity index (χ2v) is 5.07. The van der Waals surface area contributed by atoms with E-state index in [0.717, 1.165) is 17.7 Å². The van der Waals surface area contributed by atoms with E-state index in [-0.39, 0.29) is 5.91 Å². The second kappa shape index (κ2) is 4.71. The zero-order chi connectivity index (χ0) is 11.5. The van der Waals surface area contributed by atoms with Crippen LogP contribution >= 0.6 is 11.3 Å². The Morgan fingerprint density at radius 1 is 1.62 bits per heavy atom. The van der Waals surface area contributed by atoms with Gasteiger partial charge in [0.15, 0.2) is 0 Å². The van der Waals surface area contributed by atoms with Crippen LogP contribution in [0.2, 0.25) is 0 Å². The average Bonchev–Trinajstić information content (AvgIpc) is 2.84. The lowest BCUT2D eigenvalue weighted by atomic mass is 10.2. The second-order valence-electron chi connectivity index (χ2n) is 3.94. The third-order valence-corrected chi connectivity index (χ3v) is 4.13. The number of hydrogen-bond donors (Lipinski definition) is 0. The molecule has 0 aromatic carbocycles. The van der Waals surface area contributed by atoms with Gasteiger partial charge < -0.3 is 4.90 Å². The van der Waals surface area contributed by atoms with Crippen molar-refractivity contribution in [1.82, 2.24) is 4.90 Å². The van der Waals surface area contributed by atoms with Gasteiger partial charge in [-0.2, -0.15) is 0 Å². The molecule has 1 aromatic heterocycles. The first-order valence-corrected chi connectivity index (χ1v) is 6.42. The Balaban J connectivity index is 2.17. The van der Waals surface area contributed by atoms with Gasteiger partial charge >= 0.3 is 0 Å². The molecule has 2 nitrogen and oxygen atoms in total. The number of carbonyl (C=O) groups is 1. The fourth-order valence-corrected chi connectivity index (χ4v) is 3.25. The first kappa shape index (κ1) is 11.2. The first-order valence-electron chi connectivity index (χ1n) is 5.60. The maximum Gasteiger partial charge on any atom is 0.264 e. The Kier molecular flexibility index (Phi) is 3.31. The van der Waals surface area contributed by atoms with E-state index in [2.05, 4.69) is 12.0 Å². The topological polar surface area (TPSA) is 20.3 Å². The van der Waals surface area contributed by atoms with Crippen molar-refractivity contribution >= 4 is 17.2 Å². The smallest absolute Gasteiger partial charge is 0.264 e. The van der Waals surface area contributed by atoms with Crippen LogP contribution in [0, 0.1) is 12.3 Å². The molecule has 1 amide bonds. The molecule has 0 fully saturated rings. The van der Waals surface area contributed by atoms with Crippen LogP contribution in [0.15, 0.2) is 6.07 Å². The zero-order valence-corrected chi connectivity index (χ0v) is 10.3. The molecule has 1 aliphatic carbocycles. The number of thiophene rings is 1. The lowest BCUT2D eigenvalue weighted by Gasteiger charge is -2.16. The van der Waals surface area contributed by atoms with E-state index in [1.165, 1.54) is 16.9 Å². The van der Waals surface area contributed by atoms with Crippen LogP contribution in [-0.4, -0.2) is 23.9 Å². The zero-order valence-electron chi connectivity index (χ0n) is 9.45. The summed E-state index contributed by atoms with van der Waals surface area (Å²) in [5, 5.41) is 0. The number of aryl methyl sites for hydroxylation is 2. The third-order valence-electron chi connectivity index (χ3n) is 2.91. The number of rotatable bonds is 3. The predicted octanol–water partition coefficient (Wildman–Crippen LogP) is 2.33.